The number of fused-ring (bicyclic) bond motifs is 1. The van der Waals surface area contributed by atoms with Gasteiger partial charge in [0.25, 0.3) is 11.2 Å². The molecule has 24 heavy (non-hydrogen) atoms. The summed E-state index contributed by atoms with van der Waals surface area (Å²) in [6.07, 6.45) is 0. The number of nitro benzene ring substituents is 1. The molecule has 0 bridgehead atoms. The Morgan fingerprint density at radius 3 is 2.83 bits per heavy atom. The SMILES string of the molecule is Cc1sc2nc(SCc3cccc([N+](=O)[O-])c3)n(C)c(=O)c2c1C. The van der Waals surface area contributed by atoms with Gasteiger partial charge in [0.1, 0.15) is 4.83 Å². The second-order valence-electron chi connectivity index (χ2n) is 5.44. The van der Waals surface area contributed by atoms with E-state index in [0.717, 1.165) is 20.8 Å². The number of thiophene rings is 1. The summed E-state index contributed by atoms with van der Waals surface area (Å²) in [4.78, 5) is 29.4. The summed E-state index contributed by atoms with van der Waals surface area (Å²) < 4.78 is 1.55. The number of rotatable bonds is 4. The van der Waals surface area contributed by atoms with Crippen LogP contribution in [0, 0.1) is 24.0 Å². The van der Waals surface area contributed by atoms with Crippen LogP contribution in [0.1, 0.15) is 16.0 Å². The molecule has 2 aromatic heterocycles. The molecular weight excluding hydrogens is 346 g/mol. The zero-order valence-electron chi connectivity index (χ0n) is 13.4. The Morgan fingerprint density at radius 2 is 2.12 bits per heavy atom. The van der Waals surface area contributed by atoms with Crippen molar-refractivity contribution >= 4 is 39.0 Å². The van der Waals surface area contributed by atoms with Crippen molar-refractivity contribution in [2.75, 3.05) is 0 Å². The van der Waals surface area contributed by atoms with Crippen LogP contribution in [-0.2, 0) is 12.8 Å². The van der Waals surface area contributed by atoms with E-state index in [9.17, 15) is 14.9 Å². The fraction of sp³-hybridized carbons (Fsp3) is 0.250. The van der Waals surface area contributed by atoms with Crippen molar-refractivity contribution in [3.63, 3.8) is 0 Å². The van der Waals surface area contributed by atoms with Crippen LogP contribution in [0.2, 0.25) is 0 Å². The predicted molar refractivity (Wildman–Crippen MR) is 97.0 cm³/mol. The van der Waals surface area contributed by atoms with E-state index >= 15 is 0 Å². The lowest BCUT2D eigenvalue weighted by molar-refractivity contribution is -0.384. The molecule has 0 saturated carbocycles. The number of hydrogen-bond acceptors (Lipinski definition) is 6. The first-order valence-electron chi connectivity index (χ1n) is 7.21. The Bertz CT molecular complexity index is 1010. The summed E-state index contributed by atoms with van der Waals surface area (Å²) in [6.45, 7) is 3.92. The molecule has 0 fully saturated rings. The molecule has 1 aromatic carbocycles. The molecule has 0 aliphatic carbocycles. The first-order valence-corrected chi connectivity index (χ1v) is 9.01. The lowest BCUT2D eigenvalue weighted by atomic mass is 10.2. The molecule has 0 unspecified atom stereocenters. The number of aryl methyl sites for hydroxylation is 2. The molecule has 0 aliphatic rings. The molecule has 0 amide bonds. The van der Waals surface area contributed by atoms with E-state index in [1.54, 1.807) is 23.7 Å². The molecule has 0 saturated heterocycles. The number of hydrogen-bond donors (Lipinski definition) is 0. The minimum absolute atomic E-state index is 0.0524. The summed E-state index contributed by atoms with van der Waals surface area (Å²) in [7, 11) is 1.71. The zero-order chi connectivity index (χ0) is 17.4. The Kier molecular flexibility index (Phi) is 4.42. The van der Waals surface area contributed by atoms with Crippen LogP contribution in [0.5, 0.6) is 0 Å². The number of thioether (sulfide) groups is 1. The highest BCUT2D eigenvalue weighted by Gasteiger charge is 2.15. The predicted octanol–water partition coefficient (Wildman–Crippen LogP) is 3.81. The molecule has 0 aliphatic heterocycles. The molecule has 3 rings (SSSR count). The molecule has 0 N–H and O–H groups in total. The third-order valence-electron chi connectivity index (χ3n) is 3.86. The molecule has 8 heteroatoms. The summed E-state index contributed by atoms with van der Waals surface area (Å²) in [6, 6.07) is 6.50. The topological polar surface area (TPSA) is 78.0 Å². The van der Waals surface area contributed by atoms with E-state index in [1.165, 1.54) is 29.2 Å². The fourth-order valence-corrected chi connectivity index (χ4v) is 4.38. The first kappa shape index (κ1) is 16.7. The molecule has 6 nitrogen and oxygen atoms in total. The summed E-state index contributed by atoms with van der Waals surface area (Å²) in [5, 5.41) is 12.1. The van der Waals surface area contributed by atoms with Gasteiger partial charge >= 0.3 is 0 Å². The van der Waals surface area contributed by atoms with E-state index < -0.39 is 4.92 Å². The average Bonchev–Trinajstić information content (AvgIpc) is 2.84. The van der Waals surface area contributed by atoms with Crippen LogP contribution < -0.4 is 5.56 Å². The van der Waals surface area contributed by atoms with Crippen molar-refractivity contribution in [2.45, 2.75) is 24.8 Å². The van der Waals surface area contributed by atoms with Gasteiger partial charge in [0.15, 0.2) is 5.16 Å². The Morgan fingerprint density at radius 1 is 1.38 bits per heavy atom. The Labute approximate surface area is 146 Å². The van der Waals surface area contributed by atoms with Gasteiger partial charge in [-0.05, 0) is 25.0 Å². The minimum Gasteiger partial charge on any atom is -0.290 e. The van der Waals surface area contributed by atoms with Gasteiger partial charge < -0.3 is 0 Å². The highest BCUT2D eigenvalue weighted by Crippen LogP contribution is 2.29. The molecule has 3 aromatic rings. The number of aromatic nitrogens is 2. The minimum atomic E-state index is -0.411. The highest BCUT2D eigenvalue weighted by atomic mass is 32.2. The third kappa shape index (κ3) is 2.94. The van der Waals surface area contributed by atoms with Crippen molar-refractivity contribution < 1.29 is 4.92 Å². The lowest BCUT2D eigenvalue weighted by Crippen LogP contribution is -2.19. The van der Waals surface area contributed by atoms with Gasteiger partial charge in [-0.3, -0.25) is 19.5 Å². The maximum atomic E-state index is 12.6. The van der Waals surface area contributed by atoms with Crippen LogP contribution in [0.15, 0.2) is 34.2 Å². The normalized spacial score (nSPS) is 11.1. The van der Waals surface area contributed by atoms with E-state index in [0.29, 0.717) is 16.3 Å². The summed E-state index contributed by atoms with van der Waals surface area (Å²) in [5.41, 5.74) is 1.82. The van der Waals surface area contributed by atoms with Gasteiger partial charge in [0.05, 0.1) is 10.3 Å². The van der Waals surface area contributed by atoms with Crippen molar-refractivity contribution in [1.82, 2.24) is 9.55 Å². The smallest absolute Gasteiger partial charge is 0.269 e. The van der Waals surface area contributed by atoms with E-state index in [1.807, 2.05) is 19.9 Å². The van der Waals surface area contributed by atoms with Crippen molar-refractivity contribution in [1.29, 1.82) is 0 Å². The van der Waals surface area contributed by atoms with Crippen molar-refractivity contribution in [3.8, 4) is 0 Å². The van der Waals surface area contributed by atoms with E-state index in [2.05, 4.69) is 4.98 Å². The number of non-ortho nitro benzene ring substituents is 1. The van der Waals surface area contributed by atoms with Crippen LogP contribution in [0.3, 0.4) is 0 Å². The van der Waals surface area contributed by atoms with Crippen molar-refractivity contribution in [2.24, 2.45) is 7.05 Å². The van der Waals surface area contributed by atoms with Crippen LogP contribution >= 0.6 is 23.1 Å². The standard InChI is InChI=1S/C16H15N3O3S2/c1-9-10(2)24-14-13(9)15(20)18(3)16(17-14)23-8-11-5-4-6-12(7-11)19(21)22/h4-7H,8H2,1-3H3. The second-order valence-corrected chi connectivity index (χ2v) is 7.58. The molecule has 124 valence electrons. The Hall–Kier alpha value is -2.19. The molecule has 2 heterocycles. The van der Waals surface area contributed by atoms with Gasteiger partial charge in [-0.2, -0.15) is 0 Å². The maximum absolute atomic E-state index is 12.6. The first-order chi connectivity index (χ1) is 11.4. The third-order valence-corrected chi connectivity index (χ3v) is 6.06. The van der Waals surface area contributed by atoms with E-state index in [4.69, 9.17) is 0 Å². The molecule has 0 spiro atoms. The van der Waals surface area contributed by atoms with Gasteiger partial charge in [-0.1, -0.05) is 23.9 Å². The largest absolute Gasteiger partial charge is 0.290 e. The monoisotopic (exact) mass is 361 g/mol. The van der Waals surface area contributed by atoms with Gasteiger partial charge in [-0.25, -0.2) is 4.98 Å². The second kappa shape index (κ2) is 6.37. The fourth-order valence-electron chi connectivity index (χ4n) is 2.39. The summed E-state index contributed by atoms with van der Waals surface area (Å²) in [5.74, 6) is 0.511. The van der Waals surface area contributed by atoms with Crippen molar-refractivity contribution in [3.05, 3.63) is 60.7 Å². The molecule has 0 atom stereocenters. The van der Waals surface area contributed by atoms with Crippen LogP contribution in [-0.4, -0.2) is 14.5 Å². The number of benzene rings is 1. The number of nitrogens with zero attached hydrogens (tertiary/aromatic N) is 3. The quantitative estimate of drug-likeness (QED) is 0.306. The highest BCUT2D eigenvalue weighted by molar-refractivity contribution is 7.98. The van der Waals surface area contributed by atoms with E-state index in [-0.39, 0.29) is 11.2 Å². The lowest BCUT2D eigenvalue weighted by Gasteiger charge is -2.07. The molecule has 0 radical (unpaired) electrons. The van der Waals surface area contributed by atoms with Crippen LogP contribution in [0.25, 0.3) is 10.2 Å². The van der Waals surface area contributed by atoms with Gasteiger partial charge in [0, 0.05) is 29.8 Å². The van der Waals surface area contributed by atoms with Gasteiger partial charge in [0.2, 0.25) is 0 Å². The zero-order valence-corrected chi connectivity index (χ0v) is 15.0. The van der Waals surface area contributed by atoms with Gasteiger partial charge in [-0.15, -0.1) is 11.3 Å². The average molecular weight is 361 g/mol. The van der Waals surface area contributed by atoms with Crippen LogP contribution in [0.4, 0.5) is 5.69 Å². The Balaban J connectivity index is 1.93. The molecular formula is C16H15N3O3S2. The summed E-state index contributed by atoms with van der Waals surface area (Å²) >= 11 is 2.92. The number of nitro groups is 1. The maximum Gasteiger partial charge on any atom is 0.269 e.